The highest BCUT2D eigenvalue weighted by Crippen LogP contribution is 2.34. The maximum Gasteiger partial charge on any atom is 0.255 e. The minimum Gasteiger partial charge on any atom is -0.497 e. The molecule has 1 atom stereocenters. The fourth-order valence-corrected chi connectivity index (χ4v) is 4.43. The summed E-state index contributed by atoms with van der Waals surface area (Å²) in [6.45, 7) is 4.60. The Bertz CT molecular complexity index is 1180. The summed E-state index contributed by atoms with van der Waals surface area (Å²) in [7, 11) is 1.64. The van der Waals surface area contributed by atoms with Crippen molar-refractivity contribution in [2.45, 2.75) is 26.4 Å². The van der Waals surface area contributed by atoms with Crippen molar-refractivity contribution in [1.82, 2.24) is 9.88 Å². The molecule has 164 valence electrons. The van der Waals surface area contributed by atoms with Gasteiger partial charge in [-0.05, 0) is 70.5 Å². The standard InChI is InChI=1S/C26H25IN2O3/c1-17(2)24(25-28-22-10-6-7-11-23(22)32-25)29(16-18-12-14-19(31-3)15-13-18)26(30)20-8-4-5-9-21(20)27/h4-15,17,24H,16H2,1-3H3. The van der Waals surface area contributed by atoms with Gasteiger partial charge in [-0.1, -0.05) is 50.2 Å². The molecule has 0 saturated carbocycles. The number of para-hydroxylation sites is 2. The molecule has 1 unspecified atom stereocenters. The third-order valence-corrected chi connectivity index (χ3v) is 6.35. The lowest BCUT2D eigenvalue weighted by atomic mass is 10.00. The lowest BCUT2D eigenvalue weighted by molar-refractivity contribution is 0.0560. The fraction of sp³-hybridized carbons (Fsp3) is 0.231. The van der Waals surface area contributed by atoms with Crippen LogP contribution in [0.3, 0.4) is 0 Å². The summed E-state index contributed by atoms with van der Waals surface area (Å²) in [6, 6.07) is 22.8. The molecule has 1 aromatic heterocycles. The number of halogens is 1. The number of oxazole rings is 1. The van der Waals surface area contributed by atoms with Crippen molar-refractivity contribution in [2.75, 3.05) is 7.11 Å². The Morgan fingerprint density at radius 2 is 1.72 bits per heavy atom. The zero-order valence-corrected chi connectivity index (χ0v) is 20.4. The Morgan fingerprint density at radius 1 is 1.03 bits per heavy atom. The number of ether oxygens (including phenoxy) is 1. The van der Waals surface area contributed by atoms with E-state index in [1.54, 1.807) is 7.11 Å². The van der Waals surface area contributed by atoms with Gasteiger partial charge in [-0.3, -0.25) is 4.79 Å². The Kier molecular flexibility index (Phi) is 6.79. The van der Waals surface area contributed by atoms with E-state index in [4.69, 9.17) is 14.1 Å². The number of carbonyl (C=O) groups excluding carboxylic acids is 1. The molecular weight excluding hydrogens is 515 g/mol. The first-order valence-electron chi connectivity index (χ1n) is 10.5. The van der Waals surface area contributed by atoms with E-state index in [-0.39, 0.29) is 17.9 Å². The Balaban J connectivity index is 1.79. The lowest BCUT2D eigenvalue weighted by Gasteiger charge is -2.33. The second-order valence-electron chi connectivity index (χ2n) is 7.97. The van der Waals surface area contributed by atoms with E-state index >= 15 is 0 Å². The molecule has 0 radical (unpaired) electrons. The molecule has 0 saturated heterocycles. The maximum atomic E-state index is 13.9. The third-order valence-electron chi connectivity index (χ3n) is 5.41. The molecule has 0 spiro atoms. The summed E-state index contributed by atoms with van der Waals surface area (Å²) in [4.78, 5) is 20.5. The van der Waals surface area contributed by atoms with Gasteiger partial charge in [0.15, 0.2) is 5.58 Å². The number of fused-ring (bicyclic) bond motifs is 1. The number of benzene rings is 3. The van der Waals surface area contributed by atoms with Gasteiger partial charge in [0.2, 0.25) is 5.89 Å². The normalized spacial score (nSPS) is 12.2. The number of aromatic nitrogens is 1. The molecule has 1 amide bonds. The maximum absolute atomic E-state index is 13.9. The monoisotopic (exact) mass is 540 g/mol. The van der Waals surface area contributed by atoms with Crippen molar-refractivity contribution in [1.29, 1.82) is 0 Å². The van der Waals surface area contributed by atoms with E-state index in [0.717, 1.165) is 26.0 Å². The second kappa shape index (κ2) is 9.73. The third kappa shape index (κ3) is 4.65. The van der Waals surface area contributed by atoms with Crippen LogP contribution in [0.1, 0.15) is 41.7 Å². The van der Waals surface area contributed by atoms with E-state index in [2.05, 4.69) is 36.4 Å². The number of methoxy groups -OCH3 is 1. The Labute approximate surface area is 201 Å². The lowest BCUT2D eigenvalue weighted by Crippen LogP contribution is -2.37. The van der Waals surface area contributed by atoms with Crippen LogP contribution in [0.25, 0.3) is 11.1 Å². The van der Waals surface area contributed by atoms with Gasteiger partial charge < -0.3 is 14.1 Å². The number of nitrogens with zero attached hydrogens (tertiary/aromatic N) is 2. The summed E-state index contributed by atoms with van der Waals surface area (Å²) in [5.41, 5.74) is 3.19. The van der Waals surface area contributed by atoms with Gasteiger partial charge in [-0.25, -0.2) is 4.98 Å². The van der Waals surface area contributed by atoms with Crippen molar-refractivity contribution in [3.63, 3.8) is 0 Å². The molecule has 3 aromatic carbocycles. The van der Waals surface area contributed by atoms with Gasteiger partial charge in [0.1, 0.15) is 17.3 Å². The van der Waals surface area contributed by atoms with Crippen LogP contribution in [-0.4, -0.2) is 22.9 Å². The van der Waals surface area contributed by atoms with Gasteiger partial charge in [-0.15, -0.1) is 0 Å². The first-order valence-corrected chi connectivity index (χ1v) is 11.6. The smallest absolute Gasteiger partial charge is 0.255 e. The van der Waals surface area contributed by atoms with Crippen LogP contribution in [0.4, 0.5) is 0 Å². The van der Waals surface area contributed by atoms with E-state index < -0.39 is 0 Å². The Morgan fingerprint density at radius 3 is 2.38 bits per heavy atom. The van der Waals surface area contributed by atoms with Gasteiger partial charge in [-0.2, -0.15) is 0 Å². The molecule has 1 heterocycles. The van der Waals surface area contributed by atoms with Crippen LogP contribution < -0.4 is 4.74 Å². The molecule has 0 N–H and O–H groups in total. The molecule has 6 heteroatoms. The SMILES string of the molecule is COc1ccc(CN(C(=O)c2ccccc2I)C(c2nc3ccccc3o2)C(C)C)cc1. The number of hydrogen-bond donors (Lipinski definition) is 0. The highest BCUT2D eigenvalue weighted by molar-refractivity contribution is 14.1. The van der Waals surface area contributed by atoms with Gasteiger partial charge in [0.25, 0.3) is 5.91 Å². The fourth-order valence-electron chi connectivity index (χ4n) is 3.81. The molecule has 4 rings (SSSR count). The average molecular weight is 540 g/mol. The molecule has 0 fully saturated rings. The van der Waals surface area contributed by atoms with Crippen molar-refractivity contribution in [3.05, 3.63) is 93.4 Å². The van der Waals surface area contributed by atoms with Crippen molar-refractivity contribution >= 4 is 39.6 Å². The van der Waals surface area contributed by atoms with Crippen molar-refractivity contribution in [2.24, 2.45) is 5.92 Å². The average Bonchev–Trinajstić information content (AvgIpc) is 3.22. The summed E-state index contributed by atoms with van der Waals surface area (Å²) in [5, 5.41) is 0. The van der Waals surface area contributed by atoms with Crippen molar-refractivity contribution in [3.8, 4) is 5.75 Å². The molecule has 0 aliphatic carbocycles. The van der Waals surface area contributed by atoms with Crippen LogP contribution in [0.5, 0.6) is 5.75 Å². The largest absolute Gasteiger partial charge is 0.497 e. The quantitative estimate of drug-likeness (QED) is 0.252. The summed E-state index contributed by atoms with van der Waals surface area (Å²) in [5.74, 6) is 1.37. The molecule has 0 bridgehead atoms. The highest BCUT2D eigenvalue weighted by Gasteiger charge is 2.33. The molecule has 0 aliphatic rings. The zero-order valence-electron chi connectivity index (χ0n) is 18.3. The molecular formula is C26H25IN2O3. The second-order valence-corrected chi connectivity index (χ2v) is 9.13. The molecule has 32 heavy (non-hydrogen) atoms. The number of hydrogen-bond acceptors (Lipinski definition) is 4. The van der Waals surface area contributed by atoms with E-state index in [1.165, 1.54) is 0 Å². The topological polar surface area (TPSA) is 55.6 Å². The van der Waals surface area contributed by atoms with Crippen LogP contribution in [0.15, 0.2) is 77.2 Å². The number of amides is 1. The number of rotatable bonds is 7. The minimum absolute atomic E-state index is 0.0493. The predicted molar refractivity (Wildman–Crippen MR) is 134 cm³/mol. The molecule has 0 aliphatic heterocycles. The van der Waals surface area contributed by atoms with E-state index in [0.29, 0.717) is 18.0 Å². The van der Waals surface area contributed by atoms with Crippen LogP contribution in [0.2, 0.25) is 0 Å². The van der Waals surface area contributed by atoms with Gasteiger partial charge in [0, 0.05) is 10.1 Å². The predicted octanol–water partition coefficient (Wildman–Crippen LogP) is 6.48. The molecule has 4 aromatic rings. The summed E-state index contributed by atoms with van der Waals surface area (Å²) < 4.78 is 12.3. The summed E-state index contributed by atoms with van der Waals surface area (Å²) >= 11 is 2.21. The highest BCUT2D eigenvalue weighted by atomic mass is 127. The van der Waals surface area contributed by atoms with Crippen LogP contribution in [0, 0.1) is 9.49 Å². The van der Waals surface area contributed by atoms with Gasteiger partial charge >= 0.3 is 0 Å². The minimum atomic E-state index is -0.326. The summed E-state index contributed by atoms with van der Waals surface area (Å²) in [6.07, 6.45) is 0. The van der Waals surface area contributed by atoms with Crippen molar-refractivity contribution < 1.29 is 13.9 Å². The van der Waals surface area contributed by atoms with Crippen LogP contribution >= 0.6 is 22.6 Å². The number of carbonyl (C=O) groups is 1. The molecule has 5 nitrogen and oxygen atoms in total. The van der Waals surface area contributed by atoms with E-state index in [9.17, 15) is 4.79 Å². The first kappa shape index (κ1) is 22.3. The van der Waals surface area contributed by atoms with Gasteiger partial charge in [0.05, 0.1) is 12.7 Å². The zero-order chi connectivity index (χ0) is 22.7. The first-order chi connectivity index (χ1) is 15.5. The Hall–Kier alpha value is -2.87. The van der Waals surface area contributed by atoms with Crippen LogP contribution in [-0.2, 0) is 6.54 Å². The van der Waals surface area contributed by atoms with E-state index in [1.807, 2.05) is 77.7 Å².